The minimum atomic E-state index is -0.149. The molecule has 0 aromatic heterocycles. The molecule has 0 fully saturated rings. The van der Waals surface area contributed by atoms with Crippen LogP contribution in [0.5, 0.6) is 17.2 Å². The van der Waals surface area contributed by atoms with Crippen LogP contribution >= 0.6 is 11.8 Å². The Labute approximate surface area is 189 Å². The van der Waals surface area contributed by atoms with E-state index in [1.54, 1.807) is 51.4 Å². The number of ether oxygens (including phenoxy) is 3. The summed E-state index contributed by atoms with van der Waals surface area (Å²) in [5, 5.41) is 4.06. The lowest BCUT2D eigenvalue weighted by Crippen LogP contribution is -2.19. The first-order valence-electron chi connectivity index (χ1n) is 10.0. The fourth-order valence-corrected chi connectivity index (χ4v) is 4.42. The maximum atomic E-state index is 12.2. The Hall–Kier alpha value is -2.67. The monoisotopic (exact) mass is 444 g/mol. The molecule has 31 heavy (non-hydrogen) atoms. The van der Waals surface area contributed by atoms with E-state index in [2.05, 4.69) is 45.1 Å². The first-order valence-corrected chi connectivity index (χ1v) is 11.2. The van der Waals surface area contributed by atoms with Gasteiger partial charge in [0.15, 0.2) is 11.5 Å². The van der Waals surface area contributed by atoms with Crippen LogP contribution in [0.2, 0.25) is 0 Å². The van der Waals surface area contributed by atoms with Crippen LogP contribution in [0.25, 0.3) is 0 Å². The molecule has 1 N–H and O–H groups in total. The Bertz CT molecular complexity index is 932. The zero-order valence-corrected chi connectivity index (χ0v) is 20.5. The van der Waals surface area contributed by atoms with Crippen molar-refractivity contribution in [3.8, 4) is 17.2 Å². The molecule has 6 nitrogen and oxygen atoms in total. The van der Waals surface area contributed by atoms with E-state index in [1.807, 2.05) is 0 Å². The Balaban J connectivity index is 1.97. The van der Waals surface area contributed by atoms with Gasteiger partial charge >= 0.3 is 0 Å². The van der Waals surface area contributed by atoms with Crippen LogP contribution < -0.4 is 19.6 Å². The summed E-state index contributed by atoms with van der Waals surface area (Å²) in [5.41, 5.74) is 11.3. The van der Waals surface area contributed by atoms with Crippen molar-refractivity contribution >= 4 is 23.9 Å². The number of methoxy groups -OCH3 is 3. The van der Waals surface area contributed by atoms with Gasteiger partial charge in [-0.05, 0) is 80.1 Å². The molecule has 0 aliphatic heterocycles. The van der Waals surface area contributed by atoms with Crippen LogP contribution in [0.3, 0.4) is 0 Å². The highest BCUT2D eigenvalue weighted by molar-refractivity contribution is 7.99. The number of nitrogens with one attached hydrogen (secondary N) is 1. The highest BCUT2D eigenvalue weighted by atomic mass is 32.2. The highest BCUT2D eigenvalue weighted by Gasteiger charge is 2.14. The van der Waals surface area contributed by atoms with Crippen LogP contribution in [0, 0.1) is 34.6 Å². The van der Waals surface area contributed by atoms with Gasteiger partial charge in [0.1, 0.15) is 0 Å². The van der Waals surface area contributed by atoms with Gasteiger partial charge in [-0.1, -0.05) is 0 Å². The van der Waals surface area contributed by atoms with Crippen LogP contribution in [-0.2, 0) is 10.5 Å². The van der Waals surface area contributed by atoms with E-state index in [9.17, 15) is 4.79 Å². The van der Waals surface area contributed by atoms with Crippen LogP contribution in [0.1, 0.15) is 38.9 Å². The summed E-state index contributed by atoms with van der Waals surface area (Å²) in [6.07, 6.45) is 1.55. The minimum Gasteiger partial charge on any atom is -0.493 e. The first kappa shape index (κ1) is 24.6. The summed E-state index contributed by atoms with van der Waals surface area (Å²) in [5.74, 6) is 2.54. The van der Waals surface area contributed by atoms with Gasteiger partial charge in [-0.2, -0.15) is 5.10 Å². The third-order valence-electron chi connectivity index (χ3n) is 5.72. The predicted octanol–water partition coefficient (Wildman–Crippen LogP) is 4.64. The molecule has 0 spiro atoms. The van der Waals surface area contributed by atoms with Crippen molar-refractivity contribution in [3.63, 3.8) is 0 Å². The van der Waals surface area contributed by atoms with Gasteiger partial charge in [0, 0.05) is 11.3 Å². The fourth-order valence-electron chi connectivity index (χ4n) is 3.43. The maximum Gasteiger partial charge on any atom is 0.250 e. The molecule has 0 aliphatic carbocycles. The lowest BCUT2D eigenvalue weighted by Gasteiger charge is -2.18. The number of amides is 1. The average molecular weight is 445 g/mol. The summed E-state index contributed by atoms with van der Waals surface area (Å²) in [7, 11) is 4.66. The van der Waals surface area contributed by atoms with Crippen LogP contribution in [0.15, 0.2) is 17.2 Å². The Morgan fingerprint density at radius 3 is 1.90 bits per heavy atom. The number of thioether (sulfide) groups is 1. The van der Waals surface area contributed by atoms with Crippen molar-refractivity contribution in [1.82, 2.24) is 5.43 Å². The molecule has 0 radical (unpaired) electrons. The van der Waals surface area contributed by atoms with Crippen LogP contribution in [-0.4, -0.2) is 39.2 Å². The molecule has 0 bridgehead atoms. The Morgan fingerprint density at radius 2 is 1.42 bits per heavy atom. The molecule has 0 unspecified atom stereocenters. The van der Waals surface area contributed by atoms with Crippen LogP contribution in [0.4, 0.5) is 0 Å². The van der Waals surface area contributed by atoms with Crippen molar-refractivity contribution in [2.24, 2.45) is 5.10 Å². The lowest BCUT2D eigenvalue weighted by atomic mass is 9.90. The number of hydrazone groups is 1. The summed E-state index contributed by atoms with van der Waals surface area (Å²) < 4.78 is 16.0. The maximum absolute atomic E-state index is 12.2. The zero-order chi connectivity index (χ0) is 23.1. The number of carbonyl (C=O) groups excluding carboxylic acids is 1. The van der Waals surface area contributed by atoms with Crippen molar-refractivity contribution in [2.75, 3.05) is 27.1 Å². The van der Waals surface area contributed by atoms with E-state index in [0.717, 1.165) is 11.3 Å². The van der Waals surface area contributed by atoms with Gasteiger partial charge in [0.2, 0.25) is 11.7 Å². The Morgan fingerprint density at radius 1 is 0.903 bits per heavy atom. The number of benzene rings is 2. The molecule has 0 saturated carbocycles. The smallest absolute Gasteiger partial charge is 0.250 e. The third kappa shape index (κ3) is 5.73. The predicted molar refractivity (Wildman–Crippen MR) is 128 cm³/mol. The Kier molecular flexibility index (Phi) is 8.80. The third-order valence-corrected chi connectivity index (χ3v) is 6.68. The van der Waals surface area contributed by atoms with E-state index in [4.69, 9.17) is 14.2 Å². The molecule has 2 rings (SSSR count). The van der Waals surface area contributed by atoms with Gasteiger partial charge in [-0.3, -0.25) is 4.79 Å². The second-order valence-corrected chi connectivity index (χ2v) is 8.33. The van der Waals surface area contributed by atoms with Crippen molar-refractivity contribution in [2.45, 2.75) is 40.4 Å². The minimum absolute atomic E-state index is 0.149. The fraction of sp³-hybridized carbons (Fsp3) is 0.417. The molecule has 2 aromatic rings. The standard InChI is InChI=1S/C24H32N2O4S/c1-14-15(2)17(4)20(18(5)16(14)3)12-31-13-23(27)26-25-11-19-9-21(28-6)24(30-8)22(10-19)29-7/h9-11H,12-13H2,1-8H3,(H,26,27). The normalized spacial score (nSPS) is 11.0. The van der Waals surface area contributed by atoms with E-state index < -0.39 is 0 Å². The number of rotatable bonds is 9. The number of hydrogen-bond acceptors (Lipinski definition) is 6. The molecule has 1 amide bonds. The van der Waals surface area contributed by atoms with Gasteiger partial charge < -0.3 is 14.2 Å². The lowest BCUT2D eigenvalue weighted by molar-refractivity contribution is -0.118. The van der Waals surface area contributed by atoms with E-state index >= 15 is 0 Å². The molecular weight excluding hydrogens is 412 g/mol. The first-order chi connectivity index (χ1) is 14.7. The summed E-state index contributed by atoms with van der Waals surface area (Å²) >= 11 is 1.59. The van der Waals surface area contributed by atoms with E-state index in [-0.39, 0.29) is 5.91 Å². The number of hydrogen-bond donors (Lipinski definition) is 1. The summed E-state index contributed by atoms with van der Waals surface area (Å²) in [6, 6.07) is 3.53. The molecule has 7 heteroatoms. The van der Waals surface area contributed by atoms with Crippen molar-refractivity contribution < 1.29 is 19.0 Å². The molecule has 0 heterocycles. The van der Waals surface area contributed by atoms with Gasteiger partial charge in [0.05, 0.1) is 33.3 Å². The topological polar surface area (TPSA) is 69.2 Å². The number of nitrogens with zero attached hydrogens (tertiary/aromatic N) is 1. The van der Waals surface area contributed by atoms with Gasteiger partial charge in [-0.25, -0.2) is 5.43 Å². The quantitative estimate of drug-likeness (QED) is 0.451. The van der Waals surface area contributed by atoms with Crippen molar-refractivity contribution in [1.29, 1.82) is 0 Å². The molecule has 0 aliphatic rings. The zero-order valence-electron chi connectivity index (χ0n) is 19.6. The second-order valence-electron chi connectivity index (χ2n) is 7.35. The van der Waals surface area contributed by atoms with Crippen molar-refractivity contribution in [3.05, 3.63) is 51.1 Å². The highest BCUT2D eigenvalue weighted by Crippen LogP contribution is 2.37. The largest absolute Gasteiger partial charge is 0.493 e. The molecule has 0 atom stereocenters. The van der Waals surface area contributed by atoms with Gasteiger partial charge in [-0.15, -0.1) is 11.8 Å². The molecular formula is C24H32N2O4S. The summed E-state index contributed by atoms with van der Waals surface area (Å²) in [4.78, 5) is 12.2. The van der Waals surface area contributed by atoms with Gasteiger partial charge in [0.25, 0.3) is 0 Å². The number of carbonyl (C=O) groups is 1. The molecule has 0 saturated heterocycles. The SMILES string of the molecule is COc1cc(C=NNC(=O)CSCc2c(C)c(C)c(C)c(C)c2C)cc(OC)c1OC. The molecule has 168 valence electrons. The average Bonchev–Trinajstić information content (AvgIpc) is 2.77. The van der Waals surface area contributed by atoms with E-state index in [1.165, 1.54) is 33.4 Å². The van der Waals surface area contributed by atoms with E-state index in [0.29, 0.717) is 23.0 Å². The molecule has 2 aromatic carbocycles. The summed E-state index contributed by atoms with van der Waals surface area (Å²) in [6.45, 7) is 10.8. The second kappa shape index (κ2) is 11.1.